The molecule has 6 nitrogen and oxygen atoms in total. The van der Waals surface area contributed by atoms with Crippen molar-refractivity contribution in [3.05, 3.63) is 35.7 Å². The van der Waals surface area contributed by atoms with Gasteiger partial charge in [-0.3, -0.25) is 0 Å². The first-order valence-corrected chi connectivity index (χ1v) is 6.61. The van der Waals surface area contributed by atoms with Crippen LogP contribution in [0.5, 0.6) is 0 Å². The van der Waals surface area contributed by atoms with Crippen LogP contribution in [0.15, 0.2) is 35.7 Å². The molecule has 0 saturated carbocycles. The Bertz CT molecular complexity index is 433. The molecular formula is C14H23N5O. The molecule has 0 aromatic heterocycles. The summed E-state index contributed by atoms with van der Waals surface area (Å²) in [6, 6.07) is -0.133. The van der Waals surface area contributed by atoms with Crippen LogP contribution in [0.1, 0.15) is 6.92 Å². The van der Waals surface area contributed by atoms with E-state index in [2.05, 4.69) is 22.5 Å². The predicted molar refractivity (Wildman–Crippen MR) is 81.8 cm³/mol. The molecule has 0 aliphatic carbocycles. The lowest BCUT2D eigenvalue weighted by molar-refractivity contribution is 0.193. The van der Waals surface area contributed by atoms with E-state index in [1.165, 1.54) is 6.21 Å². The van der Waals surface area contributed by atoms with Crippen molar-refractivity contribution in [2.24, 2.45) is 0 Å². The van der Waals surface area contributed by atoms with Gasteiger partial charge in [0, 0.05) is 56.4 Å². The molecule has 1 rings (SSSR count). The van der Waals surface area contributed by atoms with Crippen molar-refractivity contribution in [2.75, 3.05) is 33.2 Å². The fraction of sp³-hybridized carbons (Fsp3) is 0.429. The minimum absolute atomic E-state index is 0.133. The number of hydrogen-bond donors (Lipinski definition) is 4. The zero-order valence-electron chi connectivity index (χ0n) is 12.1. The topological polar surface area (TPSA) is 80.2 Å². The third kappa shape index (κ3) is 4.89. The van der Waals surface area contributed by atoms with Gasteiger partial charge in [-0.05, 0) is 19.1 Å². The quantitative estimate of drug-likeness (QED) is 0.443. The summed E-state index contributed by atoms with van der Waals surface area (Å²) >= 11 is 0. The van der Waals surface area contributed by atoms with E-state index in [1.54, 1.807) is 24.1 Å². The number of carbonyl (C=O) groups is 1. The minimum Gasteiger partial charge on any atom is -0.391 e. The molecule has 1 fully saturated rings. The van der Waals surface area contributed by atoms with Crippen LogP contribution in [-0.2, 0) is 0 Å². The Hall–Kier alpha value is -2.08. The van der Waals surface area contributed by atoms with Gasteiger partial charge in [-0.1, -0.05) is 6.58 Å². The lowest BCUT2D eigenvalue weighted by Crippen LogP contribution is -2.49. The SMILES string of the molecule is C=C(/C=C\C(C=N)=C(C)NC)NC(=O)N1CCNCC1. The second-order valence-corrected chi connectivity index (χ2v) is 4.50. The van der Waals surface area contributed by atoms with E-state index in [0.29, 0.717) is 18.8 Å². The Morgan fingerprint density at radius 3 is 2.55 bits per heavy atom. The maximum atomic E-state index is 11.9. The van der Waals surface area contributed by atoms with Crippen LogP contribution < -0.4 is 16.0 Å². The van der Waals surface area contributed by atoms with Gasteiger partial charge in [0.25, 0.3) is 0 Å². The van der Waals surface area contributed by atoms with Crippen molar-refractivity contribution in [3.63, 3.8) is 0 Å². The van der Waals surface area contributed by atoms with Crippen molar-refractivity contribution in [1.29, 1.82) is 5.41 Å². The third-order valence-electron chi connectivity index (χ3n) is 3.10. The van der Waals surface area contributed by atoms with E-state index in [1.807, 2.05) is 6.92 Å². The van der Waals surface area contributed by atoms with E-state index in [0.717, 1.165) is 24.4 Å². The monoisotopic (exact) mass is 277 g/mol. The highest BCUT2D eigenvalue weighted by Crippen LogP contribution is 2.02. The normalized spacial score (nSPS) is 16.6. The Morgan fingerprint density at radius 2 is 2.00 bits per heavy atom. The molecule has 0 bridgehead atoms. The Morgan fingerprint density at radius 1 is 1.35 bits per heavy atom. The number of hydrogen-bond acceptors (Lipinski definition) is 4. The number of rotatable bonds is 5. The minimum atomic E-state index is -0.133. The molecule has 20 heavy (non-hydrogen) atoms. The summed E-state index contributed by atoms with van der Waals surface area (Å²) in [4.78, 5) is 13.7. The van der Waals surface area contributed by atoms with Gasteiger partial charge in [-0.25, -0.2) is 4.79 Å². The maximum absolute atomic E-state index is 11.9. The maximum Gasteiger partial charge on any atom is 0.321 e. The van der Waals surface area contributed by atoms with Crippen LogP contribution in [0.2, 0.25) is 0 Å². The number of nitrogens with zero attached hydrogens (tertiary/aromatic N) is 1. The first-order valence-electron chi connectivity index (χ1n) is 6.61. The standard InChI is InChI=1S/C14H23N5O/c1-11(4-5-13(10-15)12(2)16-3)18-14(20)19-8-6-17-7-9-19/h4-5,10,15-17H,1,6-9H2,2-3H3,(H,18,20)/b5-4-,13-12?,15-10?. The molecule has 4 N–H and O–H groups in total. The van der Waals surface area contributed by atoms with Gasteiger partial charge in [-0.2, -0.15) is 0 Å². The zero-order chi connectivity index (χ0) is 15.0. The second-order valence-electron chi connectivity index (χ2n) is 4.50. The molecule has 0 aromatic carbocycles. The molecule has 2 amide bonds. The van der Waals surface area contributed by atoms with Crippen molar-refractivity contribution in [2.45, 2.75) is 6.92 Å². The molecule has 0 radical (unpaired) electrons. The molecule has 1 heterocycles. The summed E-state index contributed by atoms with van der Waals surface area (Å²) in [5.74, 6) is 0. The summed E-state index contributed by atoms with van der Waals surface area (Å²) in [5, 5.41) is 16.2. The van der Waals surface area contributed by atoms with Crippen molar-refractivity contribution in [1.82, 2.24) is 20.9 Å². The molecule has 0 aromatic rings. The first kappa shape index (κ1) is 16.0. The number of nitrogens with one attached hydrogen (secondary N) is 4. The first-order chi connectivity index (χ1) is 9.58. The van der Waals surface area contributed by atoms with Crippen molar-refractivity contribution in [3.8, 4) is 0 Å². The van der Waals surface area contributed by atoms with E-state index in [4.69, 9.17) is 5.41 Å². The number of urea groups is 1. The van der Waals surface area contributed by atoms with Crippen LogP contribution >= 0.6 is 0 Å². The second kappa shape index (κ2) is 8.16. The number of carbonyl (C=O) groups excluding carboxylic acids is 1. The van der Waals surface area contributed by atoms with Gasteiger partial charge in [0.05, 0.1) is 0 Å². The van der Waals surface area contributed by atoms with Gasteiger partial charge >= 0.3 is 6.03 Å². The van der Waals surface area contributed by atoms with Crippen LogP contribution in [0.25, 0.3) is 0 Å². The van der Waals surface area contributed by atoms with E-state index < -0.39 is 0 Å². The average molecular weight is 277 g/mol. The number of allylic oxidation sites excluding steroid dienone is 4. The molecule has 0 unspecified atom stereocenters. The van der Waals surface area contributed by atoms with E-state index in [9.17, 15) is 4.79 Å². The summed E-state index contributed by atoms with van der Waals surface area (Å²) in [6.45, 7) is 8.72. The molecule has 0 spiro atoms. The Balaban J connectivity index is 2.54. The summed E-state index contributed by atoms with van der Waals surface area (Å²) in [5.41, 5.74) is 2.14. The van der Waals surface area contributed by atoms with Crippen LogP contribution in [0.3, 0.4) is 0 Å². The summed E-state index contributed by atoms with van der Waals surface area (Å²) < 4.78 is 0. The molecule has 6 heteroatoms. The van der Waals surface area contributed by atoms with Crippen LogP contribution in [0, 0.1) is 5.41 Å². The summed E-state index contributed by atoms with van der Waals surface area (Å²) in [6.07, 6.45) is 4.70. The lowest BCUT2D eigenvalue weighted by atomic mass is 10.2. The smallest absolute Gasteiger partial charge is 0.321 e. The molecule has 1 aliphatic rings. The largest absolute Gasteiger partial charge is 0.391 e. The van der Waals surface area contributed by atoms with Gasteiger partial charge in [0.1, 0.15) is 0 Å². The highest BCUT2D eigenvalue weighted by atomic mass is 16.2. The van der Waals surface area contributed by atoms with Crippen LogP contribution in [-0.4, -0.2) is 50.4 Å². The van der Waals surface area contributed by atoms with Crippen molar-refractivity contribution >= 4 is 12.2 Å². The molecule has 1 aliphatic heterocycles. The Kier molecular flexibility index (Phi) is 6.52. The Labute approximate surface area is 120 Å². The average Bonchev–Trinajstić information content (AvgIpc) is 2.48. The summed E-state index contributed by atoms with van der Waals surface area (Å²) in [7, 11) is 1.80. The van der Waals surface area contributed by atoms with Crippen molar-refractivity contribution < 1.29 is 4.79 Å². The van der Waals surface area contributed by atoms with Crippen LogP contribution in [0.4, 0.5) is 4.79 Å². The third-order valence-corrected chi connectivity index (χ3v) is 3.10. The fourth-order valence-electron chi connectivity index (χ4n) is 1.74. The van der Waals surface area contributed by atoms with Gasteiger partial charge < -0.3 is 26.3 Å². The number of amides is 2. The lowest BCUT2D eigenvalue weighted by Gasteiger charge is -2.27. The highest BCUT2D eigenvalue weighted by molar-refractivity contribution is 5.81. The van der Waals surface area contributed by atoms with Gasteiger partial charge in [-0.15, -0.1) is 0 Å². The van der Waals surface area contributed by atoms with E-state index >= 15 is 0 Å². The highest BCUT2D eigenvalue weighted by Gasteiger charge is 2.15. The number of piperazine rings is 1. The molecule has 110 valence electrons. The molecular weight excluding hydrogens is 254 g/mol. The van der Waals surface area contributed by atoms with Gasteiger partial charge in [0.15, 0.2) is 0 Å². The fourth-order valence-corrected chi connectivity index (χ4v) is 1.74. The molecule has 1 saturated heterocycles. The zero-order valence-corrected chi connectivity index (χ0v) is 12.1. The predicted octanol–water partition coefficient (Wildman–Crippen LogP) is 0.814. The molecule has 0 atom stereocenters. The van der Waals surface area contributed by atoms with E-state index in [-0.39, 0.29) is 6.03 Å². The van der Waals surface area contributed by atoms with Gasteiger partial charge in [0.2, 0.25) is 0 Å².